The van der Waals surface area contributed by atoms with Crippen molar-refractivity contribution in [2.45, 2.75) is 111 Å². The van der Waals surface area contributed by atoms with Gasteiger partial charge in [-0.2, -0.15) is 0 Å². The third-order valence-electron chi connectivity index (χ3n) is 10.5. The number of nitrogens with zero attached hydrogens (tertiary/aromatic N) is 4. The Morgan fingerprint density at radius 2 is 0.274 bits per heavy atom. The lowest BCUT2D eigenvalue weighted by molar-refractivity contribution is 0.326. The first kappa shape index (κ1) is 66.0. The Hall–Kier alpha value is -7.04. The SMILES string of the molecule is CC.CC.CC.CC.CC.CC.CC.CC.c1ccc(N(CC(CN(c2ccccc2)c2ccccc2)(CN(c2ccccc2)c2ccccc2)CN(c2ccccc2)c2ccccc2)c2ccccc2)cc1. The Morgan fingerprint density at radius 1 is 0.178 bits per heavy atom. The first-order chi connectivity index (χ1) is 36.2. The van der Waals surface area contributed by atoms with Crippen LogP contribution in [0.5, 0.6) is 0 Å². The molecule has 0 aliphatic carbocycles. The summed E-state index contributed by atoms with van der Waals surface area (Å²) in [5.41, 5.74) is 8.72. The molecule has 0 spiro atoms. The zero-order valence-corrected chi connectivity index (χ0v) is 48.2. The first-order valence-corrected chi connectivity index (χ1v) is 27.8. The zero-order valence-electron chi connectivity index (χ0n) is 48.2. The predicted molar refractivity (Wildman–Crippen MR) is 333 cm³/mol. The Morgan fingerprint density at radius 3 is 0.370 bits per heavy atom. The number of para-hydroxylation sites is 8. The van der Waals surface area contributed by atoms with Crippen molar-refractivity contribution in [1.29, 1.82) is 0 Å². The Kier molecular flexibility index (Phi) is 38.5. The van der Waals surface area contributed by atoms with Gasteiger partial charge in [-0.3, -0.25) is 0 Å². The Balaban J connectivity index is 0.00000296. The van der Waals surface area contributed by atoms with Crippen LogP contribution in [0.2, 0.25) is 0 Å². The van der Waals surface area contributed by atoms with Gasteiger partial charge in [0.15, 0.2) is 0 Å². The summed E-state index contributed by atoms with van der Waals surface area (Å²) in [6.45, 7) is 34.8. The van der Waals surface area contributed by atoms with Crippen molar-refractivity contribution in [3.63, 3.8) is 0 Å². The number of anilines is 8. The van der Waals surface area contributed by atoms with Crippen LogP contribution in [0.25, 0.3) is 0 Å². The van der Waals surface area contributed by atoms with E-state index in [-0.39, 0.29) is 0 Å². The van der Waals surface area contributed by atoms with Gasteiger partial charge in [0.1, 0.15) is 0 Å². The van der Waals surface area contributed by atoms with Crippen LogP contribution in [0.4, 0.5) is 45.5 Å². The van der Waals surface area contributed by atoms with Gasteiger partial charge in [-0.25, -0.2) is 0 Å². The molecule has 8 aromatic carbocycles. The van der Waals surface area contributed by atoms with Crippen LogP contribution in [-0.4, -0.2) is 26.2 Å². The molecule has 8 aromatic rings. The number of benzene rings is 8. The van der Waals surface area contributed by atoms with E-state index in [4.69, 9.17) is 0 Å². The molecule has 73 heavy (non-hydrogen) atoms. The molecule has 0 aliphatic rings. The molecule has 0 aliphatic heterocycles. The molecule has 0 aromatic heterocycles. The van der Waals surface area contributed by atoms with Gasteiger partial charge in [0.05, 0.1) is 0 Å². The summed E-state index contributed by atoms with van der Waals surface area (Å²) in [5.74, 6) is 0. The average Bonchev–Trinajstić information content (AvgIpc) is 3.52. The van der Waals surface area contributed by atoms with Crippen LogP contribution in [0, 0.1) is 5.41 Å². The van der Waals surface area contributed by atoms with Crippen LogP contribution in [-0.2, 0) is 0 Å². The molecular weight excluding hydrogens is 885 g/mol. The summed E-state index contributed by atoms with van der Waals surface area (Å²) in [4.78, 5) is 10.1. The Bertz CT molecular complexity index is 1840. The fraction of sp³-hybridized carbons (Fsp3) is 0.304. The fourth-order valence-corrected chi connectivity index (χ4v) is 7.83. The highest BCUT2D eigenvalue weighted by molar-refractivity contribution is 5.69. The molecule has 8 rings (SSSR count). The molecule has 0 heterocycles. The second-order valence-corrected chi connectivity index (χ2v) is 14.5. The fourth-order valence-electron chi connectivity index (χ4n) is 7.83. The molecule has 0 N–H and O–H groups in total. The van der Waals surface area contributed by atoms with Crippen molar-refractivity contribution < 1.29 is 0 Å². The van der Waals surface area contributed by atoms with E-state index in [0.717, 1.165) is 45.5 Å². The molecule has 0 radical (unpaired) electrons. The third-order valence-corrected chi connectivity index (χ3v) is 10.5. The quantitative estimate of drug-likeness (QED) is 0.0956. The standard InChI is InChI=1S/C53H48N4.8C2H6/c1-9-25-45(26-10-1)54(46-27-11-2-12-28-46)41-53(42-55(47-29-13-3-14-30-47)48-31-15-4-16-32-48,43-56(49-33-17-5-18-34-49)50-35-19-6-20-36-50)44-57(51-37-21-7-22-38-51)52-39-23-8-24-40-52;8*1-2/h1-40H,41-44H2;8*1-2H3. The van der Waals surface area contributed by atoms with Crippen molar-refractivity contribution in [2.24, 2.45) is 5.41 Å². The second-order valence-electron chi connectivity index (χ2n) is 14.5. The van der Waals surface area contributed by atoms with Gasteiger partial charge in [0, 0.05) is 77.1 Å². The minimum absolute atomic E-state index is 0.477. The van der Waals surface area contributed by atoms with E-state index in [9.17, 15) is 0 Å². The van der Waals surface area contributed by atoms with Crippen molar-refractivity contribution in [2.75, 3.05) is 45.8 Å². The highest BCUT2D eigenvalue weighted by Gasteiger charge is 2.41. The monoisotopic (exact) mass is 981 g/mol. The molecule has 0 bridgehead atoms. The summed E-state index contributed by atoms with van der Waals surface area (Å²) in [6.07, 6.45) is 0. The van der Waals surface area contributed by atoms with E-state index in [1.54, 1.807) is 0 Å². The second kappa shape index (κ2) is 42.6. The van der Waals surface area contributed by atoms with E-state index in [1.165, 1.54) is 0 Å². The van der Waals surface area contributed by atoms with Crippen LogP contribution in [0.3, 0.4) is 0 Å². The largest absolute Gasteiger partial charge is 0.341 e. The predicted octanol–water partition coefficient (Wildman–Crippen LogP) is 21.5. The number of rotatable bonds is 16. The van der Waals surface area contributed by atoms with E-state index in [2.05, 4.69) is 262 Å². The summed E-state index contributed by atoms with van der Waals surface area (Å²) in [7, 11) is 0. The zero-order chi connectivity index (χ0) is 54.5. The van der Waals surface area contributed by atoms with E-state index >= 15 is 0 Å². The number of hydrogen-bond donors (Lipinski definition) is 0. The van der Waals surface area contributed by atoms with Crippen LogP contribution < -0.4 is 19.6 Å². The summed E-state index contributed by atoms with van der Waals surface area (Å²) >= 11 is 0. The molecule has 4 nitrogen and oxygen atoms in total. The molecule has 0 saturated heterocycles. The van der Waals surface area contributed by atoms with Gasteiger partial charge in [0.2, 0.25) is 0 Å². The van der Waals surface area contributed by atoms with Crippen LogP contribution >= 0.6 is 0 Å². The van der Waals surface area contributed by atoms with E-state index in [1.807, 2.05) is 111 Å². The highest BCUT2D eigenvalue weighted by Crippen LogP contribution is 2.41. The lowest BCUT2D eigenvalue weighted by atomic mass is 9.83. The Labute approximate surface area is 448 Å². The van der Waals surface area contributed by atoms with Crippen LogP contribution in [0.15, 0.2) is 243 Å². The molecule has 4 heteroatoms. The van der Waals surface area contributed by atoms with Gasteiger partial charge in [-0.05, 0) is 97.1 Å². The average molecular weight is 982 g/mol. The van der Waals surface area contributed by atoms with Gasteiger partial charge in [0.25, 0.3) is 0 Å². The van der Waals surface area contributed by atoms with E-state index in [0.29, 0.717) is 26.2 Å². The van der Waals surface area contributed by atoms with Crippen molar-refractivity contribution >= 4 is 45.5 Å². The van der Waals surface area contributed by atoms with Crippen LogP contribution in [0.1, 0.15) is 111 Å². The van der Waals surface area contributed by atoms with Gasteiger partial charge >= 0.3 is 0 Å². The van der Waals surface area contributed by atoms with Gasteiger partial charge in [-0.1, -0.05) is 256 Å². The molecule has 0 fully saturated rings. The summed E-state index contributed by atoms with van der Waals surface area (Å²) in [5, 5.41) is 0. The van der Waals surface area contributed by atoms with Crippen molar-refractivity contribution in [3.05, 3.63) is 243 Å². The first-order valence-electron chi connectivity index (χ1n) is 27.8. The van der Waals surface area contributed by atoms with Crippen molar-refractivity contribution in [1.82, 2.24) is 0 Å². The topological polar surface area (TPSA) is 13.0 Å². The normalized spacial score (nSPS) is 9.32. The minimum atomic E-state index is -0.477. The lowest BCUT2D eigenvalue weighted by Crippen LogP contribution is -2.55. The maximum Gasteiger partial charge on any atom is 0.0421 e. The third kappa shape index (κ3) is 21.7. The molecule has 0 atom stereocenters. The number of hydrogen-bond acceptors (Lipinski definition) is 4. The lowest BCUT2D eigenvalue weighted by Gasteiger charge is -2.48. The van der Waals surface area contributed by atoms with Gasteiger partial charge < -0.3 is 19.6 Å². The summed E-state index contributed by atoms with van der Waals surface area (Å²) in [6, 6.07) is 87.0. The summed E-state index contributed by atoms with van der Waals surface area (Å²) < 4.78 is 0. The minimum Gasteiger partial charge on any atom is -0.341 e. The maximum atomic E-state index is 2.52. The molecule has 0 saturated carbocycles. The maximum absolute atomic E-state index is 2.52. The van der Waals surface area contributed by atoms with Crippen molar-refractivity contribution in [3.8, 4) is 0 Å². The van der Waals surface area contributed by atoms with Gasteiger partial charge in [-0.15, -0.1) is 0 Å². The molecule has 0 amide bonds. The highest BCUT2D eigenvalue weighted by atomic mass is 15.3. The molecular formula is C69H96N4. The molecule has 0 unspecified atom stereocenters. The van der Waals surface area contributed by atoms with E-state index < -0.39 is 5.41 Å². The smallest absolute Gasteiger partial charge is 0.0421 e. The molecule has 392 valence electrons.